The number of nitrogens with one attached hydrogen (secondary N) is 2. The van der Waals surface area contributed by atoms with E-state index in [0.29, 0.717) is 18.0 Å². The average molecular weight is 410 g/mol. The molecule has 30 heavy (non-hydrogen) atoms. The van der Waals surface area contributed by atoms with Crippen LogP contribution in [0, 0.1) is 5.92 Å². The van der Waals surface area contributed by atoms with Gasteiger partial charge in [-0.15, -0.1) is 10.2 Å². The topological polar surface area (TPSA) is 88.9 Å². The van der Waals surface area contributed by atoms with E-state index < -0.39 is 0 Å². The minimum atomic E-state index is -0.218. The summed E-state index contributed by atoms with van der Waals surface area (Å²) in [4.78, 5) is 24.5. The van der Waals surface area contributed by atoms with Crippen LogP contribution in [0.5, 0.6) is 0 Å². The van der Waals surface area contributed by atoms with Crippen molar-refractivity contribution in [1.82, 2.24) is 20.1 Å². The minimum absolute atomic E-state index is 0.00386. The van der Waals surface area contributed by atoms with Crippen molar-refractivity contribution in [3.05, 3.63) is 30.1 Å². The zero-order valence-electron chi connectivity index (χ0n) is 17.5. The van der Waals surface area contributed by atoms with Gasteiger partial charge >= 0.3 is 0 Å². The fraction of sp³-hybridized carbons (Fsp3) is 0.565. The Morgan fingerprint density at radius 3 is 2.70 bits per heavy atom. The minimum Gasteiger partial charge on any atom is -0.347 e. The van der Waals surface area contributed by atoms with E-state index in [4.69, 9.17) is 0 Å². The molecule has 0 atom stereocenters. The molecule has 7 nitrogen and oxygen atoms in total. The SMILES string of the molecule is O=C(CC1CCCCC1)NCC(=O)Nc1cccc(-c2nnc3n2CCCCC3)c1. The first-order valence-electron chi connectivity index (χ1n) is 11.3. The third-order valence-corrected chi connectivity index (χ3v) is 6.16. The number of anilines is 1. The number of hydrogen-bond donors (Lipinski definition) is 2. The maximum absolute atomic E-state index is 12.3. The molecule has 0 saturated heterocycles. The van der Waals surface area contributed by atoms with Gasteiger partial charge < -0.3 is 15.2 Å². The molecule has 2 amide bonds. The summed E-state index contributed by atoms with van der Waals surface area (Å²) < 4.78 is 2.19. The Labute approximate surface area is 177 Å². The zero-order chi connectivity index (χ0) is 20.8. The van der Waals surface area contributed by atoms with Crippen LogP contribution in [0.15, 0.2) is 24.3 Å². The quantitative estimate of drug-likeness (QED) is 0.761. The molecule has 2 aromatic rings. The predicted molar refractivity (Wildman–Crippen MR) is 116 cm³/mol. The molecule has 1 aromatic heterocycles. The van der Waals surface area contributed by atoms with E-state index in [-0.39, 0.29) is 18.4 Å². The summed E-state index contributed by atoms with van der Waals surface area (Å²) >= 11 is 0. The molecule has 1 aromatic carbocycles. The van der Waals surface area contributed by atoms with Crippen molar-refractivity contribution in [2.75, 3.05) is 11.9 Å². The molecule has 1 fully saturated rings. The number of hydrogen-bond acceptors (Lipinski definition) is 4. The van der Waals surface area contributed by atoms with E-state index in [1.807, 2.05) is 24.3 Å². The Bertz CT molecular complexity index is 885. The summed E-state index contributed by atoms with van der Waals surface area (Å²) in [6.07, 6.45) is 10.9. The Morgan fingerprint density at radius 2 is 1.83 bits per heavy atom. The third-order valence-electron chi connectivity index (χ3n) is 6.16. The summed E-state index contributed by atoms with van der Waals surface area (Å²) in [6.45, 7) is 0.928. The van der Waals surface area contributed by atoms with Gasteiger partial charge in [-0.05, 0) is 43.7 Å². The van der Waals surface area contributed by atoms with Gasteiger partial charge in [0.25, 0.3) is 0 Å². The molecule has 2 heterocycles. The monoisotopic (exact) mass is 409 g/mol. The number of carbonyl (C=O) groups is 2. The van der Waals surface area contributed by atoms with Crippen molar-refractivity contribution in [3.63, 3.8) is 0 Å². The first kappa shape index (κ1) is 20.6. The molecule has 4 rings (SSSR count). The lowest BCUT2D eigenvalue weighted by atomic mass is 9.87. The molecule has 0 spiro atoms. The van der Waals surface area contributed by atoms with E-state index in [1.165, 1.54) is 25.7 Å². The third kappa shape index (κ3) is 5.26. The van der Waals surface area contributed by atoms with Crippen LogP contribution >= 0.6 is 0 Å². The maximum atomic E-state index is 12.3. The van der Waals surface area contributed by atoms with Crippen LogP contribution in [0.25, 0.3) is 11.4 Å². The van der Waals surface area contributed by atoms with E-state index in [1.54, 1.807) is 0 Å². The fourth-order valence-corrected chi connectivity index (χ4v) is 4.54. The summed E-state index contributed by atoms with van der Waals surface area (Å²) in [5, 5.41) is 14.4. The number of aromatic nitrogens is 3. The van der Waals surface area contributed by atoms with Gasteiger partial charge in [0.2, 0.25) is 11.8 Å². The molecule has 2 aliphatic rings. The second kappa shape index (κ2) is 9.87. The summed E-state index contributed by atoms with van der Waals surface area (Å²) in [7, 11) is 0. The number of fused-ring (bicyclic) bond motifs is 1. The lowest BCUT2D eigenvalue weighted by Crippen LogP contribution is -2.34. The summed E-state index contributed by atoms with van der Waals surface area (Å²) in [5.74, 6) is 2.11. The highest BCUT2D eigenvalue weighted by molar-refractivity contribution is 5.95. The first-order valence-corrected chi connectivity index (χ1v) is 11.3. The number of benzene rings is 1. The smallest absolute Gasteiger partial charge is 0.243 e. The van der Waals surface area contributed by atoms with Gasteiger partial charge in [0.15, 0.2) is 5.82 Å². The molecular weight excluding hydrogens is 378 g/mol. The number of aryl methyl sites for hydroxylation is 1. The normalized spacial score (nSPS) is 17.1. The number of carbonyl (C=O) groups excluding carboxylic acids is 2. The van der Waals surface area contributed by atoms with Gasteiger partial charge in [0, 0.05) is 30.6 Å². The van der Waals surface area contributed by atoms with Crippen LogP contribution in [0.1, 0.15) is 63.6 Å². The standard InChI is InChI=1S/C23H31N5O2/c29-21(14-17-8-3-1-4-9-17)24-16-22(30)25-19-11-7-10-18(15-19)23-27-26-20-12-5-2-6-13-28(20)23/h7,10-11,15,17H,1-6,8-9,12-14,16H2,(H,24,29)(H,25,30). The maximum Gasteiger partial charge on any atom is 0.243 e. The van der Waals surface area contributed by atoms with E-state index in [9.17, 15) is 9.59 Å². The Morgan fingerprint density at radius 1 is 1.00 bits per heavy atom. The number of nitrogens with zero attached hydrogens (tertiary/aromatic N) is 3. The van der Waals surface area contributed by atoms with Crippen LogP contribution in [-0.4, -0.2) is 33.1 Å². The van der Waals surface area contributed by atoms with Crippen molar-refractivity contribution in [3.8, 4) is 11.4 Å². The molecule has 160 valence electrons. The van der Waals surface area contributed by atoms with Crippen molar-refractivity contribution in [1.29, 1.82) is 0 Å². The van der Waals surface area contributed by atoms with Crippen LogP contribution in [-0.2, 0) is 22.6 Å². The molecule has 0 radical (unpaired) electrons. The van der Waals surface area contributed by atoms with Gasteiger partial charge in [-0.1, -0.05) is 37.8 Å². The van der Waals surface area contributed by atoms with Crippen molar-refractivity contribution >= 4 is 17.5 Å². The van der Waals surface area contributed by atoms with Gasteiger partial charge in [-0.2, -0.15) is 0 Å². The van der Waals surface area contributed by atoms with Gasteiger partial charge in [0.05, 0.1) is 6.54 Å². The highest BCUT2D eigenvalue weighted by atomic mass is 16.2. The number of rotatable bonds is 6. The predicted octanol–water partition coefficient (Wildman–Crippen LogP) is 3.70. The van der Waals surface area contributed by atoms with Gasteiger partial charge in [-0.3, -0.25) is 9.59 Å². The summed E-state index contributed by atoms with van der Waals surface area (Å²) in [5.41, 5.74) is 1.64. The zero-order valence-corrected chi connectivity index (χ0v) is 17.5. The van der Waals surface area contributed by atoms with E-state index >= 15 is 0 Å². The Balaban J connectivity index is 1.32. The number of amides is 2. The van der Waals surface area contributed by atoms with Crippen LogP contribution < -0.4 is 10.6 Å². The Kier molecular flexibility index (Phi) is 6.77. The lowest BCUT2D eigenvalue weighted by molar-refractivity contribution is -0.125. The van der Waals surface area contributed by atoms with Crippen molar-refractivity contribution < 1.29 is 9.59 Å². The van der Waals surface area contributed by atoms with Crippen molar-refractivity contribution in [2.45, 2.75) is 70.8 Å². The van der Waals surface area contributed by atoms with Gasteiger partial charge in [-0.25, -0.2) is 0 Å². The molecule has 1 saturated carbocycles. The first-order chi connectivity index (χ1) is 14.7. The molecule has 0 bridgehead atoms. The van der Waals surface area contributed by atoms with E-state index in [0.717, 1.165) is 55.9 Å². The van der Waals surface area contributed by atoms with Gasteiger partial charge in [0.1, 0.15) is 5.82 Å². The largest absolute Gasteiger partial charge is 0.347 e. The summed E-state index contributed by atoms with van der Waals surface area (Å²) in [6, 6.07) is 7.67. The Hall–Kier alpha value is -2.70. The molecule has 7 heteroatoms. The lowest BCUT2D eigenvalue weighted by Gasteiger charge is -2.20. The highest BCUT2D eigenvalue weighted by Crippen LogP contribution is 2.26. The second-order valence-corrected chi connectivity index (χ2v) is 8.52. The van der Waals surface area contributed by atoms with Crippen molar-refractivity contribution in [2.24, 2.45) is 5.92 Å². The van der Waals surface area contributed by atoms with Crippen LogP contribution in [0.4, 0.5) is 5.69 Å². The second-order valence-electron chi connectivity index (χ2n) is 8.52. The fourth-order valence-electron chi connectivity index (χ4n) is 4.54. The van der Waals surface area contributed by atoms with Crippen LogP contribution in [0.2, 0.25) is 0 Å². The van der Waals surface area contributed by atoms with Crippen LogP contribution in [0.3, 0.4) is 0 Å². The highest BCUT2D eigenvalue weighted by Gasteiger charge is 2.18. The average Bonchev–Trinajstić information content (AvgIpc) is 3.01. The molecule has 1 aliphatic heterocycles. The molecular formula is C23H31N5O2. The molecule has 1 aliphatic carbocycles. The molecule has 0 unspecified atom stereocenters. The molecule has 2 N–H and O–H groups in total. The van der Waals surface area contributed by atoms with E-state index in [2.05, 4.69) is 25.4 Å².